The minimum absolute atomic E-state index is 0.0473. The second-order valence-corrected chi connectivity index (χ2v) is 9.32. The maximum atomic E-state index is 13.4. The number of hydrogen-bond donors (Lipinski definition) is 2. The van der Waals surface area contributed by atoms with Crippen molar-refractivity contribution in [3.8, 4) is 0 Å². The van der Waals surface area contributed by atoms with Crippen LogP contribution in [-0.2, 0) is 16.1 Å². The number of carbonyl (C=O) groups is 1. The summed E-state index contributed by atoms with van der Waals surface area (Å²) in [7, 11) is 0. The van der Waals surface area contributed by atoms with E-state index < -0.39 is 48.2 Å². The topological polar surface area (TPSA) is 65.0 Å². The average molecular weight is 516 g/mol. The molecule has 0 spiro atoms. The van der Waals surface area contributed by atoms with Crippen LogP contribution in [0, 0.1) is 17.8 Å². The van der Waals surface area contributed by atoms with Gasteiger partial charge in [0.25, 0.3) is 0 Å². The highest BCUT2D eigenvalue weighted by molar-refractivity contribution is 6.34. The molecule has 3 aliphatic rings. The predicted octanol–water partition coefficient (Wildman–Crippen LogP) is 3.39. The third-order valence-corrected chi connectivity index (χ3v) is 7.32. The molecule has 6 nitrogen and oxygen atoms in total. The number of benzene rings is 1. The Morgan fingerprint density at radius 3 is 2.32 bits per heavy atom. The molecule has 34 heavy (non-hydrogen) atoms. The molecule has 2 N–H and O–H groups in total. The molecule has 4 unspecified atom stereocenters. The molecule has 3 heterocycles. The zero-order valence-corrected chi connectivity index (χ0v) is 18.6. The van der Waals surface area contributed by atoms with Gasteiger partial charge in [-0.2, -0.15) is 26.3 Å². The summed E-state index contributed by atoms with van der Waals surface area (Å²) in [6, 6.07) is 1.80. The Balaban J connectivity index is 1.56. The first-order chi connectivity index (χ1) is 15.9. The van der Waals surface area contributed by atoms with Gasteiger partial charge >= 0.3 is 18.3 Å². The van der Waals surface area contributed by atoms with Crippen LogP contribution in [0.2, 0.25) is 5.02 Å². The van der Waals surface area contributed by atoms with Crippen LogP contribution in [0.5, 0.6) is 0 Å². The molecule has 0 aromatic heterocycles. The smallest absolute Gasteiger partial charge is 0.402 e. The van der Waals surface area contributed by atoms with Gasteiger partial charge in [-0.05, 0) is 17.5 Å². The summed E-state index contributed by atoms with van der Waals surface area (Å²) in [5, 5.41) is 12.1. The van der Waals surface area contributed by atoms with Gasteiger partial charge in [0.05, 0.1) is 23.9 Å². The second kappa shape index (κ2) is 9.36. The Kier molecular flexibility index (Phi) is 6.98. The van der Waals surface area contributed by atoms with Crippen molar-refractivity contribution in [3.63, 3.8) is 0 Å². The van der Waals surface area contributed by atoms with E-state index in [1.807, 2.05) is 11.0 Å². The molecule has 13 heteroatoms. The SMILES string of the molecule is O=C(O)C1NC(C(C(F)(F)F)C(F)(F)F)C2CN(Cc3cccc(N4CCOCC4)c3Cl)CC12. The number of fused-ring (bicyclic) bond motifs is 1. The van der Waals surface area contributed by atoms with E-state index in [1.165, 1.54) is 0 Å². The van der Waals surface area contributed by atoms with E-state index in [0.29, 0.717) is 36.9 Å². The van der Waals surface area contributed by atoms with Crippen molar-refractivity contribution in [2.24, 2.45) is 17.8 Å². The number of halogens is 7. The van der Waals surface area contributed by atoms with Crippen LogP contribution < -0.4 is 10.2 Å². The second-order valence-electron chi connectivity index (χ2n) is 8.94. The molecule has 3 fully saturated rings. The van der Waals surface area contributed by atoms with E-state index in [-0.39, 0.29) is 19.6 Å². The van der Waals surface area contributed by atoms with E-state index in [4.69, 9.17) is 16.3 Å². The standard InChI is InChI=1S/C21H24ClF6N3O3/c22-15-11(2-1-3-14(15)31-4-6-34-7-5-31)8-30-9-12-13(10-30)17(19(32)33)29-16(12)18(20(23,24)25)21(26,27)28/h1-3,12-13,16-18,29H,4-10H2,(H,32,33). The quantitative estimate of drug-likeness (QED) is 0.586. The molecule has 190 valence electrons. The molecule has 0 saturated carbocycles. The number of ether oxygens (including phenoxy) is 1. The van der Waals surface area contributed by atoms with Crippen molar-refractivity contribution >= 4 is 23.3 Å². The lowest BCUT2D eigenvalue weighted by atomic mass is 9.84. The number of alkyl halides is 6. The summed E-state index contributed by atoms with van der Waals surface area (Å²) < 4.78 is 85.9. The fourth-order valence-corrected chi connectivity index (χ4v) is 5.73. The number of aliphatic carboxylic acids is 1. The maximum Gasteiger partial charge on any atom is 0.402 e. The van der Waals surface area contributed by atoms with Gasteiger partial charge in [0.1, 0.15) is 6.04 Å². The van der Waals surface area contributed by atoms with Crippen LogP contribution in [0.15, 0.2) is 18.2 Å². The van der Waals surface area contributed by atoms with Crippen molar-refractivity contribution in [1.82, 2.24) is 10.2 Å². The van der Waals surface area contributed by atoms with Crippen LogP contribution in [0.25, 0.3) is 0 Å². The van der Waals surface area contributed by atoms with Gasteiger partial charge in [-0.15, -0.1) is 0 Å². The highest BCUT2D eigenvalue weighted by atomic mass is 35.5. The Morgan fingerprint density at radius 1 is 1.12 bits per heavy atom. The van der Waals surface area contributed by atoms with E-state index in [2.05, 4.69) is 5.32 Å². The van der Waals surface area contributed by atoms with E-state index in [0.717, 1.165) is 5.69 Å². The number of hydrogen-bond acceptors (Lipinski definition) is 5. The van der Waals surface area contributed by atoms with Crippen molar-refractivity contribution in [2.45, 2.75) is 31.0 Å². The molecule has 0 aliphatic carbocycles. The van der Waals surface area contributed by atoms with Gasteiger partial charge in [-0.3, -0.25) is 9.69 Å². The Morgan fingerprint density at radius 2 is 1.74 bits per heavy atom. The van der Waals surface area contributed by atoms with E-state index in [1.54, 1.807) is 17.0 Å². The molecule has 1 aromatic rings. The molecule has 0 radical (unpaired) electrons. The summed E-state index contributed by atoms with van der Waals surface area (Å²) >= 11 is 6.61. The van der Waals surface area contributed by atoms with Gasteiger partial charge in [0, 0.05) is 44.7 Å². The number of likely N-dealkylation sites (tertiary alicyclic amines) is 1. The van der Waals surface area contributed by atoms with E-state index in [9.17, 15) is 36.2 Å². The number of rotatable bonds is 5. The van der Waals surface area contributed by atoms with Crippen molar-refractivity contribution in [3.05, 3.63) is 28.8 Å². The third kappa shape index (κ3) is 4.95. The Bertz CT molecular complexity index is 895. The Hall–Kier alpha value is -1.76. The molecule has 3 saturated heterocycles. The van der Waals surface area contributed by atoms with Crippen molar-refractivity contribution < 1.29 is 41.0 Å². The lowest BCUT2D eigenvalue weighted by Gasteiger charge is -2.32. The molecule has 0 amide bonds. The van der Waals surface area contributed by atoms with E-state index >= 15 is 0 Å². The Labute approximate surface area is 196 Å². The summed E-state index contributed by atoms with van der Waals surface area (Å²) in [5.74, 6) is -7.13. The van der Waals surface area contributed by atoms with Gasteiger partial charge < -0.3 is 20.1 Å². The highest BCUT2D eigenvalue weighted by Gasteiger charge is 2.66. The molecular formula is C21H24ClF6N3O3. The van der Waals surface area contributed by atoms with Gasteiger partial charge in [-0.25, -0.2) is 0 Å². The monoisotopic (exact) mass is 515 g/mol. The number of carboxylic acid groups (broad SMARTS) is 1. The average Bonchev–Trinajstić information content (AvgIpc) is 3.28. The van der Waals surface area contributed by atoms with Gasteiger partial charge in [0.2, 0.25) is 0 Å². The number of nitrogens with zero attached hydrogens (tertiary/aromatic N) is 2. The fourth-order valence-electron chi connectivity index (χ4n) is 5.43. The molecule has 4 atom stereocenters. The lowest BCUT2D eigenvalue weighted by Crippen LogP contribution is -2.53. The molecule has 3 aliphatic heterocycles. The zero-order valence-electron chi connectivity index (χ0n) is 17.9. The highest BCUT2D eigenvalue weighted by Crippen LogP contribution is 2.49. The summed E-state index contributed by atoms with van der Waals surface area (Å²) in [5.41, 5.74) is 1.45. The van der Waals surface area contributed by atoms with Gasteiger partial charge in [-0.1, -0.05) is 23.7 Å². The molecule has 0 bridgehead atoms. The largest absolute Gasteiger partial charge is 0.480 e. The van der Waals surface area contributed by atoms with Crippen LogP contribution in [0.4, 0.5) is 32.0 Å². The normalized spacial score (nSPS) is 28.5. The van der Waals surface area contributed by atoms with Crippen LogP contribution in [0.1, 0.15) is 5.56 Å². The maximum absolute atomic E-state index is 13.4. The van der Waals surface area contributed by atoms with Crippen LogP contribution >= 0.6 is 11.6 Å². The number of morpholine rings is 1. The lowest BCUT2D eigenvalue weighted by molar-refractivity contribution is -0.293. The van der Waals surface area contributed by atoms with Gasteiger partial charge in [0.15, 0.2) is 5.92 Å². The summed E-state index contributed by atoms with van der Waals surface area (Å²) in [4.78, 5) is 15.4. The van der Waals surface area contributed by atoms with Crippen LogP contribution in [-0.4, -0.2) is 79.8 Å². The first kappa shape index (κ1) is 25.3. The zero-order chi connectivity index (χ0) is 24.8. The van der Waals surface area contributed by atoms with Crippen molar-refractivity contribution in [1.29, 1.82) is 0 Å². The number of anilines is 1. The third-order valence-electron chi connectivity index (χ3n) is 6.88. The molecule has 4 rings (SSSR count). The molecular weight excluding hydrogens is 492 g/mol. The predicted molar refractivity (Wildman–Crippen MR) is 111 cm³/mol. The fraction of sp³-hybridized carbons (Fsp3) is 0.667. The minimum atomic E-state index is -5.56. The minimum Gasteiger partial charge on any atom is -0.480 e. The summed E-state index contributed by atoms with van der Waals surface area (Å²) in [6.45, 7) is 2.49. The van der Waals surface area contributed by atoms with Crippen LogP contribution in [0.3, 0.4) is 0 Å². The summed E-state index contributed by atoms with van der Waals surface area (Å²) in [6.07, 6.45) is -11.1. The number of nitrogens with one attached hydrogen (secondary N) is 1. The first-order valence-corrected chi connectivity index (χ1v) is 11.2. The molecule has 1 aromatic carbocycles. The van der Waals surface area contributed by atoms with Crippen molar-refractivity contribution in [2.75, 3.05) is 44.3 Å². The number of carboxylic acids is 1. The first-order valence-electron chi connectivity index (χ1n) is 10.8.